The second-order valence-electron chi connectivity index (χ2n) is 6.31. The fourth-order valence-corrected chi connectivity index (χ4v) is 3.14. The molecule has 0 radical (unpaired) electrons. The summed E-state index contributed by atoms with van der Waals surface area (Å²) in [5.41, 5.74) is 0.253. The van der Waals surface area contributed by atoms with Gasteiger partial charge in [0.25, 0.3) is 0 Å². The molecule has 3 N–H and O–H groups in total. The first-order chi connectivity index (χ1) is 13.3. The van der Waals surface area contributed by atoms with Crippen molar-refractivity contribution < 1.29 is 33.2 Å². The molecular weight excluding hydrogens is 381 g/mol. The second kappa shape index (κ2) is 6.78. The summed E-state index contributed by atoms with van der Waals surface area (Å²) in [6, 6.07) is 8.20. The molecule has 3 heterocycles. The van der Waals surface area contributed by atoms with E-state index in [-0.39, 0.29) is 16.9 Å². The zero-order valence-electron chi connectivity index (χ0n) is 14.2. The standard InChI is InChI=1S/C17H15F3N4O4/c18-17(19,20)16-22-10(8-4-2-1-3-5-8)11-14(23-16)24(7-21-11)15-13(27)12(26)9(6-25)28-15/h1-5,7,9,12-13,15,25-27H,6H2/t9-,12-,13-,15-/m1/s1. The second-order valence-corrected chi connectivity index (χ2v) is 6.31. The molecule has 1 aromatic carbocycles. The average molecular weight is 396 g/mol. The quantitative estimate of drug-likeness (QED) is 0.608. The summed E-state index contributed by atoms with van der Waals surface area (Å²) < 4.78 is 46.6. The number of fused-ring (bicyclic) bond motifs is 1. The van der Waals surface area contributed by atoms with E-state index < -0.39 is 43.1 Å². The number of rotatable bonds is 3. The summed E-state index contributed by atoms with van der Waals surface area (Å²) >= 11 is 0. The van der Waals surface area contributed by atoms with Crippen molar-refractivity contribution in [1.82, 2.24) is 19.5 Å². The van der Waals surface area contributed by atoms with Crippen molar-refractivity contribution in [3.63, 3.8) is 0 Å². The van der Waals surface area contributed by atoms with Gasteiger partial charge in [-0.3, -0.25) is 4.57 Å². The van der Waals surface area contributed by atoms with E-state index in [1.165, 1.54) is 0 Å². The number of aliphatic hydroxyl groups is 3. The smallest absolute Gasteiger partial charge is 0.394 e. The molecule has 1 fully saturated rings. The Morgan fingerprint density at radius 3 is 2.39 bits per heavy atom. The molecule has 0 amide bonds. The van der Waals surface area contributed by atoms with Crippen LogP contribution in [-0.2, 0) is 10.9 Å². The van der Waals surface area contributed by atoms with Crippen molar-refractivity contribution in [2.45, 2.75) is 30.7 Å². The predicted molar refractivity (Wildman–Crippen MR) is 88.8 cm³/mol. The lowest BCUT2D eigenvalue weighted by molar-refractivity contribution is -0.144. The van der Waals surface area contributed by atoms with Crippen molar-refractivity contribution in [2.24, 2.45) is 0 Å². The molecule has 3 aromatic rings. The van der Waals surface area contributed by atoms with Gasteiger partial charge < -0.3 is 20.1 Å². The Morgan fingerprint density at radius 2 is 1.79 bits per heavy atom. The Morgan fingerprint density at radius 1 is 1.07 bits per heavy atom. The number of halogens is 3. The molecule has 1 aliphatic heterocycles. The molecular formula is C17H15F3N4O4. The Kier molecular flexibility index (Phi) is 4.54. The molecule has 1 aliphatic rings. The highest BCUT2D eigenvalue weighted by Gasteiger charge is 2.44. The Balaban J connectivity index is 1.91. The van der Waals surface area contributed by atoms with E-state index in [1.54, 1.807) is 30.3 Å². The molecule has 8 nitrogen and oxygen atoms in total. The van der Waals surface area contributed by atoms with Gasteiger partial charge >= 0.3 is 6.18 Å². The van der Waals surface area contributed by atoms with Gasteiger partial charge in [-0.05, 0) is 0 Å². The topological polar surface area (TPSA) is 114 Å². The number of hydrogen-bond acceptors (Lipinski definition) is 7. The normalized spacial score (nSPS) is 25.5. The number of benzene rings is 1. The minimum atomic E-state index is -4.81. The van der Waals surface area contributed by atoms with Crippen LogP contribution in [-0.4, -0.2) is 59.8 Å². The Labute approximate surface area is 155 Å². The molecule has 4 rings (SSSR count). The SMILES string of the molecule is OC[C@H]1O[C@@H](n2cnc3c(-c4ccccc4)nc(C(F)(F)F)nc32)[C@H](O)[C@@H]1O. The van der Waals surface area contributed by atoms with Crippen molar-refractivity contribution in [2.75, 3.05) is 6.61 Å². The summed E-state index contributed by atoms with van der Waals surface area (Å²) in [5.74, 6) is -1.37. The van der Waals surface area contributed by atoms with Crippen LogP contribution in [0, 0.1) is 0 Å². The predicted octanol–water partition coefficient (Wildman–Crippen LogP) is 1.12. The van der Waals surface area contributed by atoms with Gasteiger partial charge in [-0.25, -0.2) is 15.0 Å². The molecule has 0 bridgehead atoms. The number of imidazole rings is 1. The van der Waals surface area contributed by atoms with Crippen LogP contribution in [0.1, 0.15) is 12.1 Å². The molecule has 0 aliphatic carbocycles. The Hall–Kier alpha value is -2.60. The maximum atomic E-state index is 13.4. The van der Waals surface area contributed by atoms with Crippen molar-refractivity contribution in [3.8, 4) is 11.3 Å². The van der Waals surface area contributed by atoms with Gasteiger partial charge in [0.2, 0.25) is 5.82 Å². The largest absolute Gasteiger partial charge is 0.451 e. The highest BCUT2D eigenvalue weighted by molar-refractivity contribution is 5.87. The first-order valence-corrected chi connectivity index (χ1v) is 8.31. The van der Waals surface area contributed by atoms with E-state index in [4.69, 9.17) is 4.74 Å². The minimum Gasteiger partial charge on any atom is -0.394 e. The molecule has 11 heteroatoms. The summed E-state index contributed by atoms with van der Waals surface area (Å²) in [6.45, 7) is -0.570. The van der Waals surface area contributed by atoms with Gasteiger partial charge in [0.05, 0.1) is 12.9 Å². The summed E-state index contributed by atoms with van der Waals surface area (Å²) in [6.07, 6.45) is -8.91. The van der Waals surface area contributed by atoms with E-state index in [0.29, 0.717) is 5.56 Å². The molecule has 0 unspecified atom stereocenters. The average Bonchev–Trinajstić information content (AvgIpc) is 3.22. The lowest BCUT2D eigenvalue weighted by Gasteiger charge is -2.17. The van der Waals surface area contributed by atoms with Gasteiger partial charge in [-0.15, -0.1) is 0 Å². The maximum Gasteiger partial charge on any atom is 0.451 e. The molecule has 148 valence electrons. The van der Waals surface area contributed by atoms with Crippen molar-refractivity contribution >= 4 is 11.2 Å². The fourth-order valence-electron chi connectivity index (χ4n) is 3.14. The zero-order chi connectivity index (χ0) is 20.1. The van der Waals surface area contributed by atoms with Gasteiger partial charge in [-0.2, -0.15) is 13.2 Å². The number of aromatic nitrogens is 4. The summed E-state index contributed by atoms with van der Waals surface area (Å²) in [4.78, 5) is 11.3. The molecule has 1 saturated heterocycles. The Bertz CT molecular complexity index is 995. The number of ether oxygens (including phenoxy) is 1. The van der Waals surface area contributed by atoms with Gasteiger partial charge in [0, 0.05) is 5.56 Å². The minimum absolute atomic E-state index is 0.0246. The molecule has 0 spiro atoms. The summed E-state index contributed by atoms with van der Waals surface area (Å²) in [7, 11) is 0. The van der Waals surface area contributed by atoms with Crippen molar-refractivity contribution in [1.29, 1.82) is 0 Å². The third-order valence-corrected chi connectivity index (χ3v) is 4.51. The highest BCUT2D eigenvalue weighted by atomic mass is 19.4. The van der Waals surface area contributed by atoms with Crippen LogP contribution in [0.4, 0.5) is 13.2 Å². The van der Waals surface area contributed by atoms with E-state index in [1.807, 2.05) is 0 Å². The van der Waals surface area contributed by atoms with Crippen molar-refractivity contribution in [3.05, 3.63) is 42.5 Å². The number of nitrogens with zero attached hydrogens (tertiary/aromatic N) is 4. The van der Waals surface area contributed by atoms with E-state index in [0.717, 1.165) is 10.9 Å². The van der Waals surface area contributed by atoms with Gasteiger partial charge in [0.15, 0.2) is 11.9 Å². The van der Waals surface area contributed by atoms with Gasteiger partial charge in [0.1, 0.15) is 29.5 Å². The van der Waals surface area contributed by atoms with Crippen LogP contribution < -0.4 is 0 Å². The lowest BCUT2D eigenvalue weighted by atomic mass is 10.1. The van der Waals surface area contributed by atoms with Crippen LogP contribution in [0.25, 0.3) is 22.4 Å². The van der Waals surface area contributed by atoms with E-state index >= 15 is 0 Å². The van der Waals surface area contributed by atoms with E-state index in [9.17, 15) is 28.5 Å². The zero-order valence-corrected chi connectivity index (χ0v) is 14.2. The number of aliphatic hydroxyl groups excluding tert-OH is 3. The number of alkyl halides is 3. The highest BCUT2D eigenvalue weighted by Crippen LogP contribution is 2.35. The summed E-state index contributed by atoms with van der Waals surface area (Å²) in [5, 5.41) is 29.4. The van der Waals surface area contributed by atoms with Crippen LogP contribution >= 0.6 is 0 Å². The van der Waals surface area contributed by atoms with E-state index in [2.05, 4.69) is 15.0 Å². The van der Waals surface area contributed by atoms with Crippen LogP contribution in [0.3, 0.4) is 0 Å². The lowest BCUT2D eigenvalue weighted by Crippen LogP contribution is -2.33. The molecule has 0 saturated carbocycles. The van der Waals surface area contributed by atoms with Crippen LogP contribution in [0.5, 0.6) is 0 Å². The molecule has 4 atom stereocenters. The first kappa shape index (κ1) is 18.7. The monoisotopic (exact) mass is 396 g/mol. The molecule has 2 aromatic heterocycles. The van der Waals surface area contributed by atoms with Gasteiger partial charge in [-0.1, -0.05) is 30.3 Å². The third kappa shape index (κ3) is 3.02. The fraction of sp³-hybridized carbons (Fsp3) is 0.353. The molecule has 28 heavy (non-hydrogen) atoms. The third-order valence-electron chi connectivity index (χ3n) is 4.51. The van der Waals surface area contributed by atoms with Crippen LogP contribution in [0.15, 0.2) is 36.7 Å². The number of hydrogen-bond donors (Lipinski definition) is 3. The van der Waals surface area contributed by atoms with Crippen LogP contribution in [0.2, 0.25) is 0 Å². The maximum absolute atomic E-state index is 13.4. The first-order valence-electron chi connectivity index (χ1n) is 8.31.